The van der Waals surface area contributed by atoms with Gasteiger partial charge in [0.25, 0.3) is 5.91 Å². The molecule has 25 heavy (non-hydrogen) atoms. The molecular weight excluding hydrogens is 400 g/mol. The van der Waals surface area contributed by atoms with E-state index < -0.39 is 11.2 Å². The van der Waals surface area contributed by atoms with E-state index in [9.17, 15) is 18.0 Å². The summed E-state index contributed by atoms with van der Waals surface area (Å²) in [5.74, 6) is -0.264. The Hall–Kier alpha value is -1.58. The van der Waals surface area contributed by atoms with Crippen LogP contribution in [0.5, 0.6) is 0 Å². The van der Waals surface area contributed by atoms with Crippen molar-refractivity contribution in [2.24, 2.45) is 0 Å². The molecule has 1 amide bonds. The molecule has 0 bridgehead atoms. The summed E-state index contributed by atoms with van der Waals surface area (Å²) in [5.41, 5.74) is 0.304. The SMILES string of the molecule is O=C(c1cc(Cl)ccc1Cl)N1CCN(c2nnc(C(F)(F)F)s2)CC1. The summed E-state index contributed by atoms with van der Waals surface area (Å²) >= 11 is 12.4. The zero-order chi connectivity index (χ0) is 18.2. The van der Waals surface area contributed by atoms with Gasteiger partial charge in [-0.05, 0) is 18.2 Å². The van der Waals surface area contributed by atoms with E-state index >= 15 is 0 Å². The third-order valence-electron chi connectivity index (χ3n) is 3.65. The monoisotopic (exact) mass is 410 g/mol. The van der Waals surface area contributed by atoms with Crippen LogP contribution in [0.1, 0.15) is 15.4 Å². The van der Waals surface area contributed by atoms with E-state index in [0.717, 1.165) is 0 Å². The number of anilines is 1. The summed E-state index contributed by atoms with van der Waals surface area (Å²) in [5, 5.41) is 6.69. The number of halogens is 5. The number of rotatable bonds is 2. The molecule has 0 spiro atoms. The van der Waals surface area contributed by atoms with E-state index in [1.165, 1.54) is 6.07 Å². The van der Waals surface area contributed by atoms with Crippen molar-refractivity contribution in [2.75, 3.05) is 31.1 Å². The Bertz CT molecular complexity index is 791. The maximum Gasteiger partial charge on any atom is 0.445 e. The molecule has 2 heterocycles. The smallest absolute Gasteiger partial charge is 0.343 e. The molecule has 0 aliphatic carbocycles. The molecule has 5 nitrogen and oxygen atoms in total. The van der Waals surface area contributed by atoms with Crippen LogP contribution in [0.15, 0.2) is 18.2 Å². The molecule has 2 aromatic rings. The minimum absolute atomic E-state index is 0.195. The van der Waals surface area contributed by atoms with Gasteiger partial charge < -0.3 is 9.80 Å². The van der Waals surface area contributed by atoms with Crippen LogP contribution in [-0.2, 0) is 6.18 Å². The van der Waals surface area contributed by atoms with E-state index in [4.69, 9.17) is 23.2 Å². The predicted molar refractivity (Wildman–Crippen MR) is 89.5 cm³/mol. The first-order valence-corrected chi connectivity index (χ1v) is 8.73. The number of benzene rings is 1. The van der Waals surface area contributed by atoms with Gasteiger partial charge in [0.05, 0.1) is 10.6 Å². The zero-order valence-electron chi connectivity index (χ0n) is 12.6. The molecule has 1 fully saturated rings. The number of piperazine rings is 1. The number of hydrogen-bond donors (Lipinski definition) is 0. The molecule has 11 heteroatoms. The number of aromatic nitrogens is 2. The van der Waals surface area contributed by atoms with Crippen LogP contribution < -0.4 is 4.90 Å². The van der Waals surface area contributed by atoms with Gasteiger partial charge in [0.1, 0.15) is 0 Å². The summed E-state index contributed by atoms with van der Waals surface area (Å²) < 4.78 is 37.8. The van der Waals surface area contributed by atoms with Crippen molar-refractivity contribution in [1.29, 1.82) is 0 Å². The van der Waals surface area contributed by atoms with E-state index in [1.807, 2.05) is 0 Å². The molecule has 0 unspecified atom stereocenters. The van der Waals surface area contributed by atoms with Gasteiger partial charge in [-0.25, -0.2) is 0 Å². The van der Waals surface area contributed by atoms with Crippen molar-refractivity contribution in [3.05, 3.63) is 38.8 Å². The van der Waals surface area contributed by atoms with Gasteiger partial charge in [-0.3, -0.25) is 4.79 Å². The minimum atomic E-state index is -4.50. The molecule has 1 aromatic heterocycles. The fraction of sp³-hybridized carbons (Fsp3) is 0.357. The molecule has 0 radical (unpaired) electrons. The molecule has 0 atom stereocenters. The predicted octanol–water partition coefficient (Wildman–Crippen LogP) is 3.83. The average Bonchev–Trinajstić information content (AvgIpc) is 3.07. The highest BCUT2D eigenvalue weighted by atomic mass is 35.5. The van der Waals surface area contributed by atoms with Crippen molar-refractivity contribution >= 4 is 45.6 Å². The molecule has 3 rings (SSSR count). The highest BCUT2D eigenvalue weighted by Crippen LogP contribution is 2.34. The van der Waals surface area contributed by atoms with Crippen LogP contribution in [-0.4, -0.2) is 47.2 Å². The quantitative estimate of drug-likeness (QED) is 0.754. The molecule has 0 saturated carbocycles. The van der Waals surface area contributed by atoms with Crippen molar-refractivity contribution in [2.45, 2.75) is 6.18 Å². The van der Waals surface area contributed by atoms with Gasteiger partial charge in [-0.2, -0.15) is 13.2 Å². The summed E-state index contributed by atoms with van der Waals surface area (Å²) in [6.07, 6.45) is -4.50. The number of alkyl halides is 3. The summed E-state index contributed by atoms with van der Waals surface area (Å²) in [7, 11) is 0. The van der Waals surface area contributed by atoms with Crippen LogP contribution >= 0.6 is 34.5 Å². The first-order valence-electron chi connectivity index (χ1n) is 7.15. The second kappa shape index (κ2) is 6.97. The number of hydrogen-bond acceptors (Lipinski definition) is 5. The van der Waals surface area contributed by atoms with E-state index in [0.29, 0.717) is 53.1 Å². The molecule has 1 aliphatic rings. The molecular formula is C14H11Cl2F3N4OS. The first kappa shape index (κ1) is 18.2. The summed E-state index contributed by atoms with van der Waals surface area (Å²) in [6, 6.07) is 4.64. The van der Waals surface area contributed by atoms with E-state index in [2.05, 4.69) is 10.2 Å². The van der Waals surface area contributed by atoms with Crippen molar-refractivity contribution in [3.63, 3.8) is 0 Å². The second-order valence-corrected chi connectivity index (χ2v) is 7.09. The fourth-order valence-corrected chi connectivity index (χ4v) is 3.52. The van der Waals surface area contributed by atoms with E-state index in [-0.39, 0.29) is 11.0 Å². The lowest BCUT2D eigenvalue weighted by Gasteiger charge is -2.34. The normalized spacial score (nSPS) is 15.6. The number of carbonyl (C=O) groups is 1. The van der Waals surface area contributed by atoms with E-state index in [1.54, 1.807) is 21.9 Å². The Kier molecular flexibility index (Phi) is 5.08. The molecule has 1 saturated heterocycles. The van der Waals surface area contributed by atoms with Crippen LogP contribution in [0.2, 0.25) is 10.0 Å². The number of nitrogens with zero attached hydrogens (tertiary/aromatic N) is 4. The van der Waals surface area contributed by atoms with Crippen molar-refractivity contribution in [3.8, 4) is 0 Å². The first-order chi connectivity index (χ1) is 11.8. The maximum absolute atomic E-state index is 12.6. The van der Waals surface area contributed by atoms with Crippen LogP contribution in [0.25, 0.3) is 0 Å². The number of amides is 1. The van der Waals surface area contributed by atoms with Gasteiger partial charge >= 0.3 is 6.18 Å². The standard InChI is InChI=1S/C14H11Cl2F3N4OS/c15-8-1-2-10(16)9(7-8)11(24)22-3-5-23(6-4-22)13-21-20-12(25-13)14(17,18)19/h1-2,7H,3-6H2. The lowest BCUT2D eigenvalue weighted by molar-refractivity contribution is -0.138. The topological polar surface area (TPSA) is 49.3 Å². The minimum Gasteiger partial charge on any atom is -0.343 e. The average molecular weight is 411 g/mol. The Morgan fingerprint density at radius 1 is 1.12 bits per heavy atom. The van der Waals surface area contributed by atoms with Crippen molar-refractivity contribution in [1.82, 2.24) is 15.1 Å². The Labute approximate surface area is 155 Å². The fourth-order valence-electron chi connectivity index (χ4n) is 2.39. The second-order valence-electron chi connectivity index (χ2n) is 5.29. The lowest BCUT2D eigenvalue weighted by Crippen LogP contribution is -2.48. The van der Waals surface area contributed by atoms with Gasteiger partial charge in [-0.15, -0.1) is 10.2 Å². The summed E-state index contributed by atoms with van der Waals surface area (Å²) in [4.78, 5) is 15.8. The number of carbonyl (C=O) groups excluding carboxylic acids is 1. The Balaban J connectivity index is 1.66. The van der Waals surface area contributed by atoms with Gasteiger partial charge in [0, 0.05) is 31.2 Å². The molecule has 1 aromatic carbocycles. The summed E-state index contributed by atoms with van der Waals surface area (Å²) in [6.45, 7) is 1.39. The van der Waals surface area contributed by atoms with Crippen molar-refractivity contribution < 1.29 is 18.0 Å². The highest BCUT2D eigenvalue weighted by Gasteiger charge is 2.36. The third kappa shape index (κ3) is 3.99. The molecule has 1 aliphatic heterocycles. The maximum atomic E-state index is 12.6. The lowest BCUT2D eigenvalue weighted by atomic mass is 10.2. The Morgan fingerprint density at radius 3 is 2.40 bits per heavy atom. The van der Waals surface area contributed by atoms with Gasteiger partial charge in [0.2, 0.25) is 10.1 Å². The van der Waals surface area contributed by atoms with Crippen LogP contribution in [0, 0.1) is 0 Å². The molecule has 134 valence electrons. The van der Waals surface area contributed by atoms with Crippen LogP contribution in [0.3, 0.4) is 0 Å². The van der Waals surface area contributed by atoms with Gasteiger partial charge in [0.15, 0.2) is 0 Å². The largest absolute Gasteiger partial charge is 0.445 e. The van der Waals surface area contributed by atoms with Crippen LogP contribution in [0.4, 0.5) is 18.3 Å². The molecule has 0 N–H and O–H groups in total. The highest BCUT2D eigenvalue weighted by molar-refractivity contribution is 7.15. The third-order valence-corrected chi connectivity index (χ3v) is 5.25. The van der Waals surface area contributed by atoms with Gasteiger partial charge in [-0.1, -0.05) is 34.5 Å². The zero-order valence-corrected chi connectivity index (χ0v) is 14.9. The Morgan fingerprint density at radius 2 is 1.80 bits per heavy atom.